The van der Waals surface area contributed by atoms with Crippen molar-refractivity contribution >= 4 is 75.1 Å². The van der Waals surface area contributed by atoms with Gasteiger partial charge in [-0.3, -0.25) is 9.69 Å². The van der Waals surface area contributed by atoms with E-state index in [1.807, 2.05) is 0 Å². The lowest BCUT2D eigenvalue weighted by atomic mass is 10.1. The average Bonchev–Trinajstić information content (AvgIpc) is 2.82. The number of anilines is 1. The molecule has 126 valence electrons. The summed E-state index contributed by atoms with van der Waals surface area (Å²) in [7, 11) is 0. The molecule has 0 aromatic heterocycles. The molecule has 1 fully saturated rings. The molecule has 1 aliphatic rings. The second kappa shape index (κ2) is 7.17. The van der Waals surface area contributed by atoms with Gasteiger partial charge in [0.1, 0.15) is 0 Å². The molecule has 1 saturated heterocycles. The molecule has 0 saturated carbocycles. The second-order valence-corrected chi connectivity index (χ2v) is 7.56. The van der Waals surface area contributed by atoms with Crippen LogP contribution >= 0.6 is 47.2 Å². The van der Waals surface area contributed by atoms with Crippen LogP contribution in [0, 0.1) is 0 Å². The predicted molar refractivity (Wildman–Crippen MR) is 106 cm³/mol. The number of rotatable bonds is 3. The van der Waals surface area contributed by atoms with Crippen LogP contribution in [0.15, 0.2) is 47.4 Å². The van der Waals surface area contributed by atoms with Crippen LogP contribution in [0.5, 0.6) is 0 Å². The molecule has 4 nitrogen and oxygen atoms in total. The number of carbonyl (C=O) groups excluding carboxylic acids is 1. The summed E-state index contributed by atoms with van der Waals surface area (Å²) in [5.41, 5.74) is 1.35. The van der Waals surface area contributed by atoms with Gasteiger partial charge in [-0.2, -0.15) is 0 Å². The van der Waals surface area contributed by atoms with Crippen molar-refractivity contribution in [2.75, 3.05) is 4.90 Å². The van der Waals surface area contributed by atoms with Crippen LogP contribution < -0.4 is 4.90 Å². The van der Waals surface area contributed by atoms with Crippen molar-refractivity contribution in [1.82, 2.24) is 0 Å². The number of aromatic carboxylic acids is 1. The summed E-state index contributed by atoms with van der Waals surface area (Å²) in [5, 5.41) is 9.72. The van der Waals surface area contributed by atoms with Crippen molar-refractivity contribution in [3.05, 3.63) is 68.5 Å². The Labute approximate surface area is 163 Å². The molecule has 0 atom stereocenters. The molecule has 1 N–H and O–H groups in total. The molecular weight excluding hydrogens is 401 g/mol. The molecule has 3 rings (SSSR count). The van der Waals surface area contributed by atoms with Gasteiger partial charge in [0, 0.05) is 5.02 Å². The molecule has 0 spiro atoms. The lowest BCUT2D eigenvalue weighted by Gasteiger charge is -2.16. The quantitative estimate of drug-likeness (QED) is 0.564. The van der Waals surface area contributed by atoms with Gasteiger partial charge in [0.15, 0.2) is 4.32 Å². The van der Waals surface area contributed by atoms with Crippen molar-refractivity contribution in [2.45, 2.75) is 0 Å². The maximum absolute atomic E-state index is 12.7. The number of carboxylic acid groups (broad SMARTS) is 1. The normalized spacial score (nSPS) is 15.9. The van der Waals surface area contributed by atoms with Crippen LogP contribution in [0.25, 0.3) is 6.08 Å². The van der Waals surface area contributed by atoms with Gasteiger partial charge in [-0.1, -0.05) is 59.3 Å². The number of carbonyl (C=O) groups is 2. The monoisotopic (exact) mass is 409 g/mol. The summed E-state index contributed by atoms with van der Waals surface area (Å²) in [5.74, 6) is -1.29. The highest BCUT2D eigenvalue weighted by atomic mass is 35.5. The van der Waals surface area contributed by atoms with Crippen LogP contribution in [0.3, 0.4) is 0 Å². The van der Waals surface area contributed by atoms with E-state index in [1.54, 1.807) is 36.4 Å². The van der Waals surface area contributed by atoms with E-state index in [1.165, 1.54) is 17.0 Å². The Hall–Kier alpha value is -1.86. The van der Waals surface area contributed by atoms with E-state index in [4.69, 9.17) is 40.5 Å². The number of carboxylic acids is 1. The number of halogens is 2. The minimum absolute atomic E-state index is 0.178. The summed E-state index contributed by atoms with van der Waals surface area (Å²) in [6.45, 7) is 0. The number of hydrogen-bond donors (Lipinski definition) is 1. The van der Waals surface area contributed by atoms with Crippen molar-refractivity contribution < 1.29 is 14.7 Å². The summed E-state index contributed by atoms with van der Waals surface area (Å²) in [6, 6.07) is 11.0. The highest BCUT2D eigenvalue weighted by Crippen LogP contribution is 2.39. The Morgan fingerprint density at radius 1 is 1.16 bits per heavy atom. The van der Waals surface area contributed by atoms with E-state index < -0.39 is 5.97 Å². The van der Waals surface area contributed by atoms with Gasteiger partial charge in [-0.15, -0.1) is 0 Å². The Kier molecular flexibility index (Phi) is 5.15. The van der Waals surface area contributed by atoms with E-state index in [2.05, 4.69) is 0 Å². The van der Waals surface area contributed by atoms with Crippen LogP contribution in [0.1, 0.15) is 15.9 Å². The molecule has 1 aliphatic heterocycles. The molecule has 2 aromatic rings. The molecule has 0 unspecified atom stereocenters. The van der Waals surface area contributed by atoms with E-state index in [9.17, 15) is 9.59 Å². The molecular formula is C17H9Cl2NO3S2. The number of hydrogen-bond acceptors (Lipinski definition) is 4. The van der Waals surface area contributed by atoms with Crippen LogP contribution in [0.4, 0.5) is 5.69 Å². The molecule has 8 heteroatoms. The van der Waals surface area contributed by atoms with Crippen molar-refractivity contribution in [3.8, 4) is 0 Å². The SMILES string of the molecule is O=C(O)c1ccc(/C=C2\SC(=S)N(c3ccc(Cl)cc3Cl)C2=O)cc1. The third kappa shape index (κ3) is 3.72. The van der Waals surface area contributed by atoms with E-state index in [-0.39, 0.29) is 11.5 Å². The molecule has 0 radical (unpaired) electrons. The van der Waals surface area contributed by atoms with Gasteiger partial charge < -0.3 is 5.11 Å². The summed E-state index contributed by atoms with van der Waals surface area (Å²) < 4.78 is 0.364. The third-order valence-corrected chi connectivity index (χ3v) is 5.24. The number of nitrogens with zero attached hydrogens (tertiary/aromatic N) is 1. The van der Waals surface area contributed by atoms with Gasteiger partial charge in [0.2, 0.25) is 0 Å². The first-order valence-corrected chi connectivity index (χ1v) is 8.91. The fourth-order valence-corrected chi connectivity index (χ4v) is 3.99. The Bertz CT molecular complexity index is 926. The summed E-state index contributed by atoms with van der Waals surface area (Å²) in [6.07, 6.45) is 1.66. The highest BCUT2D eigenvalue weighted by Gasteiger charge is 2.34. The lowest BCUT2D eigenvalue weighted by molar-refractivity contribution is -0.113. The Morgan fingerprint density at radius 2 is 1.84 bits per heavy atom. The zero-order valence-electron chi connectivity index (χ0n) is 12.4. The van der Waals surface area contributed by atoms with Crippen LogP contribution in [-0.2, 0) is 4.79 Å². The lowest BCUT2D eigenvalue weighted by Crippen LogP contribution is -2.27. The van der Waals surface area contributed by atoms with E-state index in [0.29, 0.717) is 30.5 Å². The zero-order valence-corrected chi connectivity index (χ0v) is 15.5. The van der Waals surface area contributed by atoms with Gasteiger partial charge >= 0.3 is 5.97 Å². The second-order valence-electron chi connectivity index (χ2n) is 5.04. The van der Waals surface area contributed by atoms with E-state index >= 15 is 0 Å². The summed E-state index contributed by atoms with van der Waals surface area (Å²) in [4.78, 5) is 25.4. The topological polar surface area (TPSA) is 57.6 Å². The first-order chi connectivity index (χ1) is 11.9. The van der Waals surface area contributed by atoms with Crippen LogP contribution in [-0.4, -0.2) is 21.3 Å². The number of benzene rings is 2. The molecule has 1 heterocycles. The minimum Gasteiger partial charge on any atom is -0.478 e. The first kappa shape index (κ1) is 17.9. The average molecular weight is 410 g/mol. The van der Waals surface area contributed by atoms with Gasteiger partial charge in [0.05, 0.1) is 21.2 Å². The Morgan fingerprint density at radius 3 is 2.44 bits per heavy atom. The molecule has 2 aromatic carbocycles. The largest absolute Gasteiger partial charge is 0.478 e. The third-order valence-electron chi connectivity index (χ3n) is 3.40. The molecule has 25 heavy (non-hydrogen) atoms. The Balaban J connectivity index is 1.91. The fourth-order valence-electron chi connectivity index (χ4n) is 2.21. The van der Waals surface area contributed by atoms with Gasteiger partial charge in [0.25, 0.3) is 5.91 Å². The highest BCUT2D eigenvalue weighted by molar-refractivity contribution is 8.27. The van der Waals surface area contributed by atoms with Crippen molar-refractivity contribution in [3.63, 3.8) is 0 Å². The van der Waals surface area contributed by atoms with Gasteiger partial charge in [-0.25, -0.2) is 4.79 Å². The standard InChI is InChI=1S/C17H9Cl2NO3S2/c18-11-5-6-13(12(19)8-11)20-15(21)14(25-17(20)24)7-9-1-3-10(4-2-9)16(22)23/h1-8H,(H,22,23)/b14-7-. The minimum atomic E-state index is -1.00. The number of thioether (sulfide) groups is 1. The van der Waals surface area contributed by atoms with Crippen molar-refractivity contribution in [2.24, 2.45) is 0 Å². The first-order valence-electron chi connectivity index (χ1n) is 6.93. The van der Waals surface area contributed by atoms with Gasteiger partial charge in [-0.05, 0) is 42.0 Å². The predicted octanol–water partition coefficient (Wildman–Crippen LogP) is 5.10. The van der Waals surface area contributed by atoms with E-state index in [0.717, 1.165) is 11.8 Å². The number of amides is 1. The maximum Gasteiger partial charge on any atom is 0.335 e. The fraction of sp³-hybridized carbons (Fsp3) is 0. The zero-order chi connectivity index (χ0) is 18.1. The molecule has 1 amide bonds. The van der Waals surface area contributed by atoms with Crippen molar-refractivity contribution in [1.29, 1.82) is 0 Å². The van der Waals surface area contributed by atoms with Crippen LogP contribution in [0.2, 0.25) is 10.0 Å². The maximum atomic E-state index is 12.7. The number of thiocarbonyl (C=S) groups is 1. The molecule has 0 aliphatic carbocycles. The molecule has 0 bridgehead atoms. The summed E-state index contributed by atoms with van der Waals surface area (Å²) >= 11 is 18.5. The smallest absolute Gasteiger partial charge is 0.335 e.